The summed E-state index contributed by atoms with van der Waals surface area (Å²) in [5.41, 5.74) is 0.0860. The molecule has 0 amide bonds. The van der Waals surface area contributed by atoms with Gasteiger partial charge >= 0.3 is 0 Å². The molecular weight excluding hydrogens is 404 g/mol. The van der Waals surface area contributed by atoms with Gasteiger partial charge in [0.25, 0.3) is 0 Å². The zero-order chi connectivity index (χ0) is 22.0. The molecule has 172 valence electrons. The summed E-state index contributed by atoms with van der Waals surface area (Å²) in [4.78, 5) is 14.5. The first-order chi connectivity index (χ1) is 14.7. The van der Waals surface area contributed by atoms with Gasteiger partial charge in [0.1, 0.15) is 0 Å². The van der Waals surface area contributed by atoms with E-state index in [1.165, 1.54) is 38.5 Å². The summed E-state index contributed by atoms with van der Waals surface area (Å²) in [6.07, 6.45) is 16.4. The van der Waals surface area contributed by atoms with E-state index >= 15 is 0 Å². The third kappa shape index (κ3) is 3.53. The van der Waals surface area contributed by atoms with E-state index in [-0.39, 0.29) is 11.3 Å². The van der Waals surface area contributed by atoms with Gasteiger partial charge in [0.05, 0.1) is 18.3 Å². The van der Waals surface area contributed by atoms with E-state index in [0.717, 1.165) is 36.0 Å². The first-order valence-corrected chi connectivity index (χ1v) is 13.7. The lowest BCUT2D eigenvalue weighted by molar-refractivity contribution is -0.151. The number of aliphatic hydroxyl groups is 1. The molecule has 0 radical (unpaired) electrons. The van der Waals surface area contributed by atoms with Crippen LogP contribution in [0.15, 0.2) is 17.3 Å². The van der Waals surface area contributed by atoms with Crippen LogP contribution in [0.5, 0.6) is 0 Å². The van der Waals surface area contributed by atoms with Gasteiger partial charge in [-0.05, 0) is 105 Å². The Balaban J connectivity index is 1.33. The van der Waals surface area contributed by atoms with E-state index in [1.807, 2.05) is 30.3 Å². The van der Waals surface area contributed by atoms with Crippen LogP contribution in [0.4, 0.5) is 0 Å². The minimum Gasteiger partial charge on any atom is -0.390 e. The van der Waals surface area contributed by atoms with Crippen molar-refractivity contribution in [1.82, 2.24) is 9.78 Å². The lowest BCUT2D eigenvalue weighted by Crippen LogP contribution is -2.55. The Labute approximate surface area is 191 Å². The number of aromatic nitrogens is 2. The van der Waals surface area contributed by atoms with Crippen molar-refractivity contribution in [3.05, 3.63) is 12.4 Å². The highest BCUT2D eigenvalue weighted by atomic mass is 32.2. The first kappa shape index (κ1) is 22.0. The molecule has 0 aromatic carbocycles. The molecule has 5 rings (SSSR count). The normalized spacial score (nSPS) is 46.8. The number of hydrogen-bond donors (Lipinski definition) is 1. The predicted octanol–water partition coefficient (Wildman–Crippen LogP) is 5.58. The highest BCUT2D eigenvalue weighted by Crippen LogP contribution is 2.68. The molecule has 31 heavy (non-hydrogen) atoms. The highest BCUT2D eigenvalue weighted by molar-refractivity contribution is 7.98. The van der Waals surface area contributed by atoms with E-state index in [1.54, 1.807) is 11.8 Å². The van der Waals surface area contributed by atoms with E-state index < -0.39 is 5.60 Å². The van der Waals surface area contributed by atoms with Crippen LogP contribution in [0.2, 0.25) is 0 Å². The zero-order valence-electron chi connectivity index (χ0n) is 19.8. The molecule has 4 nitrogen and oxygen atoms in total. The van der Waals surface area contributed by atoms with Gasteiger partial charge in [-0.1, -0.05) is 13.8 Å². The van der Waals surface area contributed by atoms with Crippen LogP contribution in [-0.2, 0) is 11.3 Å². The fourth-order valence-corrected chi connectivity index (χ4v) is 9.15. The van der Waals surface area contributed by atoms with Gasteiger partial charge < -0.3 is 5.11 Å². The van der Waals surface area contributed by atoms with E-state index in [2.05, 4.69) is 18.9 Å². The third-order valence-corrected chi connectivity index (χ3v) is 11.2. The summed E-state index contributed by atoms with van der Waals surface area (Å²) in [6.45, 7) is 7.47. The summed E-state index contributed by atoms with van der Waals surface area (Å²) in [7, 11) is 0. The summed E-state index contributed by atoms with van der Waals surface area (Å²) < 4.78 is 1.84. The summed E-state index contributed by atoms with van der Waals surface area (Å²) in [5.74, 6) is 3.51. The number of carbonyl (C=O) groups excluding carboxylic acids is 1. The molecule has 4 aliphatic carbocycles. The van der Waals surface area contributed by atoms with Crippen molar-refractivity contribution >= 4 is 17.5 Å². The lowest BCUT2D eigenvalue weighted by atomic mass is 9.44. The number of thioether (sulfide) groups is 1. The van der Waals surface area contributed by atoms with Gasteiger partial charge in [0.2, 0.25) is 0 Å². The molecule has 8 atom stereocenters. The van der Waals surface area contributed by atoms with Gasteiger partial charge in [0.15, 0.2) is 5.78 Å². The average molecular weight is 445 g/mol. The summed E-state index contributed by atoms with van der Waals surface area (Å²) in [5, 5.41) is 15.1. The molecule has 0 spiro atoms. The Hall–Kier alpha value is -0.810. The van der Waals surface area contributed by atoms with Crippen molar-refractivity contribution in [3.8, 4) is 0 Å². The van der Waals surface area contributed by atoms with Crippen LogP contribution in [0.1, 0.15) is 78.6 Å². The molecule has 0 saturated heterocycles. The maximum atomic E-state index is 13.4. The van der Waals surface area contributed by atoms with Crippen LogP contribution in [0.3, 0.4) is 0 Å². The smallest absolute Gasteiger partial charge is 0.157 e. The molecule has 4 saturated carbocycles. The molecule has 4 aliphatic rings. The number of ketones is 1. The van der Waals surface area contributed by atoms with Crippen molar-refractivity contribution in [2.24, 2.45) is 40.4 Å². The second kappa shape index (κ2) is 7.62. The molecule has 5 heteroatoms. The zero-order valence-corrected chi connectivity index (χ0v) is 20.6. The monoisotopic (exact) mass is 444 g/mol. The Kier molecular flexibility index (Phi) is 5.41. The standard InChI is InChI=1S/C26H40N2O2S/c1-24(30)11-12-25(2)17(13-24)5-6-19-20-7-8-22(26(20,3)10-9-21(19)25)23(29)16-28-15-18(31-4)14-27-28/h14-15,17,19-22,30H,5-13,16H2,1-4H3/t17-,19-,20-,21-,22+,24+,25-,26-/m0/s1. The number of Topliss-reactive ketones (excluding diaryl/α,β-unsaturated/α-hetero) is 1. The average Bonchev–Trinajstić information content (AvgIpc) is 3.31. The van der Waals surface area contributed by atoms with Crippen LogP contribution in [0.25, 0.3) is 0 Å². The van der Waals surface area contributed by atoms with Crippen molar-refractivity contribution in [3.63, 3.8) is 0 Å². The third-order valence-electron chi connectivity index (χ3n) is 10.5. The molecular formula is C26H40N2O2S. The minimum absolute atomic E-state index is 0.164. The van der Waals surface area contributed by atoms with Crippen LogP contribution >= 0.6 is 11.8 Å². The maximum absolute atomic E-state index is 13.4. The topological polar surface area (TPSA) is 55.1 Å². The Morgan fingerprint density at radius 2 is 1.87 bits per heavy atom. The van der Waals surface area contributed by atoms with Gasteiger partial charge in [-0.25, -0.2) is 0 Å². The van der Waals surface area contributed by atoms with Crippen molar-refractivity contribution in [2.75, 3.05) is 6.26 Å². The molecule has 1 aromatic rings. The van der Waals surface area contributed by atoms with Gasteiger partial charge in [-0.3, -0.25) is 9.48 Å². The fraction of sp³-hybridized carbons (Fsp3) is 0.846. The van der Waals surface area contributed by atoms with E-state index in [9.17, 15) is 9.90 Å². The first-order valence-electron chi connectivity index (χ1n) is 12.5. The minimum atomic E-state index is -0.465. The van der Waals surface area contributed by atoms with E-state index in [0.29, 0.717) is 29.6 Å². The van der Waals surface area contributed by atoms with Crippen LogP contribution in [-0.4, -0.2) is 32.5 Å². The fourth-order valence-electron chi connectivity index (χ4n) is 8.77. The SMILES string of the molecule is CSc1cnn(CC(=O)[C@H]2CC[C@H]3[C@@H]4CC[C@H]5C[C@](C)(O)CC[C@]5(C)[C@H]4CC[C@]23C)c1. The molecule has 0 unspecified atom stereocenters. The van der Waals surface area contributed by atoms with Gasteiger partial charge in [-0.15, -0.1) is 11.8 Å². The Morgan fingerprint density at radius 3 is 2.61 bits per heavy atom. The van der Waals surface area contributed by atoms with Crippen molar-refractivity contribution in [2.45, 2.75) is 95.6 Å². The molecule has 0 aliphatic heterocycles. The Bertz CT molecular complexity index is 850. The van der Waals surface area contributed by atoms with Gasteiger partial charge in [-0.2, -0.15) is 5.10 Å². The maximum Gasteiger partial charge on any atom is 0.157 e. The molecule has 1 aromatic heterocycles. The second-order valence-electron chi connectivity index (χ2n) is 12.1. The number of nitrogens with zero attached hydrogens (tertiary/aromatic N) is 2. The molecule has 1 N–H and O–H groups in total. The second-order valence-corrected chi connectivity index (χ2v) is 13.0. The highest BCUT2D eigenvalue weighted by Gasteiger charge is 2.61. The number of hydrogen-bond acceptors (Lipinski definition) is 4. The van der Waals surface area contributed by atoms with Gasteiger partial charge in [0, 0.05) is 17.0 Å². The Morgan fingerprint density at radius 1 is 1.10 bits per heavy atom. The van der Waals surface area contributed by atoms with Crippen LogP contribution in [0, 0.1) is 40.4 Å². The lowest BCUT2D eigenvalue weighted by Gasteiger charge is -2.61. The van der Waals surface area contributed by atoms with Crippen LogP contribution < -0.4 is 0 Å². The molecule has 0 bridgehead atoms. The summed E-state index contributed by atoms with van der Waals surface area (Å²) >= 11 is 1.68. The quantitative estimate of drug-likeness (QED) is 0.616. The number of rotatable bonds is 4. The molecule has 4 fully saturated rings. The van der Waals surface area contributed by atoms with E-state index in [4.69, 9.17) is 0 Å². The number of fused-ring (bicyclic) bond motifs is 5. The predicted molar refractivity (Wildman–Crippen MR) is 125 cm³/mol. The summed E-state index contributed by atoms with van der Waals surface area (Å²) in [6, 6.07) is 0. The largest absolute Gasteiger partial charge is 0.390 e. The van der Waals surface area contributed by atoms with Crippen molar-refractivity contribution < 1.29 is 9.90 Å². The molecule has 1 heterocycles. The van der Waals surface area contributed by atoms with Crippen molar-refractivity contribution in [1.29, 1.82) is 0 Å². The number of carbonyl (C=O) groups is 1.